The largest absolute Gasteiger partial charge is 0.369 e. The molecule has 0 spiro atoms. The average molecular weight is 311 g/mol. The molecule has 0 aromatic heterocycles. The number of likely N-dealkylation sites (tertiary alicyclic amines) is 1. The van der Waals surface area contributed by atoms with Gasteiger partial charge in [0.15, 0.2) is 0 Å². The van der Waals surface area contributed by atoms with Gasteiger partial charge in [0, 0.05) is 17.0 Å². The fraction of sp³-hybridized carbons (Fsp3) is 0.333. The van der Waals surface area contributed by atoms with Crippen molar-refractivity contribution in [2.45, 2.75) is 12.8 Å². The van der Waals surface area contributed by atoms with Crippen LogP contribution in [-0.2, 0) is 9.59 Å². The molecule has 0 unspecified atom stereocenters. The van der Waals surface area contributed by atoms with Crippen molar-refractivity contribution in [3.05, 3.63) is 42.5 Å². The van der Waals surface area contributed by atoms with Crippen molar-refractivity contribution in [3.8, 4) is 0 Å². The molecule has 5 nitrogen and oxygen atoms in total. The number of hydrogen-bond acceptors (Lipinski definition) is 3. The van der Waals surface area contributed by atoms with E-state index in [1.165, 1.54) is 0 Å². The molecule has 1 aliphatic heterocycles. The van der Waals surface area contributed by atoms with Gasteiger partial charge in [-0.1, -0.05) is 36.4 Å². The molecule has 0 saturated carbocycles. The van der Waals surface area contributed by atoms with Crippen LogP contribution < -0.4 is 11.1 Å². The SMILES string of the molecule is NC(=O)C1CCN(CC(=O)Nc2cccc3ccccc23)CC1. The molecular weight excluding hydrogens is 290 g/mol. The minimum absolute atomic E-state index is 0.0288. The summed E-state index contributed by atoms with van der Waals surface area (Å²) in [6.07, 6.45) is 1.47. The van der Waals surface area contributed by atoms with E-state index in [0.717, 1.165) is 42.4 Å². The number of amides is 2. The van der Waals surface area contributed by atoms with Crippen LogP contribution in [-0.4, -0.2) is 36.3 Å². The maximum absolute atomic E-state index is 12.3. The molecule has 23 heavy (non-hydrogen) atoms. The standard InChI is InChI=1S/C18H21N3O2/c19-18(23)14-8-10-21(11-9-14)12-17(22)20-16-7-3-5-13-4-1-2-6-15(13)16/h1-7,14H,8-12H2,(H2,19,23)(H,20,22). The van der Waals surface area contributed by atoms with Crippen molar-refractivity contribution in [2.75, 3.05) is 25.0 Å². The van der Waals surface area contributed by atoms with Crippen molar-refractivity contribution in [1.29, 1.82) is 0 Å². The number of carbonyl (C=O) groups is 2. The van der Waals surface area contributed by atoms with E-state index in [1.807, 2.05) is 42.5 Å². The number of fused-ring (bicyclic) bond motifs is 1. The molecular formula is C18H21N3O2. The second-order valence-electron chi connectivity index (χ2n) is 6.03. The van der Waals surface area contributed by atoms with Crippen LogP contribution >= 0.6 is 0 Å². The summed E-state index contributed by atoms with van der Waals surface area (Å²) in [4.78, 5) is 25.5. The van der Waals surface area contributed by atoms with Crippen LogP contribution in [0.15, 0.2) is 42.5 Å². The Hall–Kier alpha value is -2.40. The highest BCUT2D eigenvalue weighted by atomic mass is 16.2. The molecule has 0 atom stereocenters. The van der Waals surface area contributed by atoms with E-state index in [9.17, 15) is 9.59 Å². The van der Waals surface area contributed by atoms with Crippen molar-refractivity contribution in [3.63, 3.8) is 0 Å². The van der Waals surface area contributed by atoms with Crippen molar-refractivity contribution >= 4 is 28.3 Å². The Morgan fingerprint density at radius 3 is 2.52 bits per heavy atom. The lowest BCUT2D eigenvalue weighted by molar-refractivity contribution is -0.123. The topological polar surface area (TPSA) is 75.4 Å². The molecule has 1 fully saturated rings. The molecule has 0 aliphatic carbocycles. The summed E-state index contributed by atoms with van der Waals surface area (Å²) in [6.45, 7) is 1.81. The zero-order valence-electron chi connectivity index (χ0n) is 13.0. The summed E-state index contributed by atoms with van der Waals surface area (Å²) in [5.41, 5.74) is 6.17. The molecule has 5 heteroatoms. The molecule has 0 bridgehead atoms. The second-order valence-corrected chi connectivity index (χ2v) is 6.03. The summed E-state index contributed by atoms with van der Waals surface area (Å²) in [7, 11) is 0. The molecule has 2 aromatic rings. The smallest absolute Gasteiger partial charge is 0.238 e. The van der Waals surface area contributed by atoms with Crippen molar-refractivity contribution < 1.29 is 9.59 Å². The Kier molecular flexibility index (Phi) is 4.57. The van der Waals surface area contributed by atoms with Crippen molar-refractivity contribution in [2.24, 2.45) is 11.7 Å². The van der Waals surface area contributed by atoms with Gasteiger partial charge in [-0.25, -0.2) is 0 Å². The Bertz CT molecular complexity index is 716. The van der Waals surface area contributed by atoms with Crippen LogP contribution in [0.1, 0.15) is 12.8 Å². The summed E-state index contributed by atoms with van der Waals surface area (Å²) < 4.78 is 0. The number of rotatable bonds is 4. The normalized spacial score (nSPS) is 16.3. The summed E-state index contributed by atoms with van der Waals surface area (Å²) >= 11 is 0. The summed E-state index contributed by atoms with van der Waals surface area (Å²) in [5.74, 6) is -0.309. The Labute approximate surface area is 135 Å². The maximum Gasteiger partial charge on any atom is 0.238 e. The van der Waals surface area contributed by atoms with Gasteiger partial charge in [-0.05, 0) is 37.4 Å². The summed E-state index contributed by atoms with van der Waals surface area (Å²) in [5, 5.41) is 5.14. The number of anilines is 1. The van der Waals surface area contributed by atoms with Gasteiger partial charge >= 0.3 is 0 Å². The predicted octanol–water partition coefficient (Wildman–Crippen LogP) is 1.98. The van der Waals surface area contributed by atoms with Crippen LogP contribution in [0.4, 0.5) is 5.69 Å². The van der Waals surface area contributed by atoms with E-state index < -0.39 is 0 Å². The second kappa shape index (κ2) is 6.79. The number of nitrogens with two attached hydrogens (primary N) is 1. The Balaban J connectivity index is 1.60. The molecule has 1 saturated heterocycles. The first-order valence-corrected chi connectivity index (χ1v) is 7.93. The summed E-state index contributed by atoms with van der Waals surface area (Å²) in [6, 6.07) is 13.9. The zero-order valence-corrected chi connectivity index (χ0v) is 13.0. The van der Waals surface area contributed by atoms with Crippen LogP contribution in [0.2, 0.25) is 0 Å². The van der Waals surface area contributed by atoms with Gasteiger partial charge in [0.25, 0.3) is 0 Å². The number of nitrogens with zero attached hydrogens (tertiary/aromatic N) is 1. The highest BCUT2D eigenvalue weighted by Crippen LogP contribution is 2.23. The lowest BCUT2D eigenvalue weighted by Crippen LogP contribution is -2.42. The quantitative estimate of drug-likeness (QED) is 0.906. The first kappa shape index (κ1) is 15.5. The molecule has 3 rings (SSSR count). The zero-order chi connectivity index (χ0) is 16.2. The average Bonchev–Trinajstić information content (AvgIpc) is 2.55. The van der Waals surface area contributed by atoms with Crippen LogP contribution in [0, 0.1) is 5.92 Å². The lowest BCUT2D eigenvalue weighted by Gasteiger charge is -2.29. The van der Waals surface area contributed by atoms with E-state index in [4.69, 9.17) is 5.73 Å². The first-order chi connectivity index (χ1) is 11.1. The molecule has 1 heterocycles. The monoisotopic (exact) mass is 311 g/mol. The molecule has 2 amide bonds. The highest BCUT2D eigenvalue weighted by Gasteiger charge is 2.24. The predicted molar refractivity (Wildman–Crippen MR) is 90.9 cm³/mol. The number of piperidine rings is 1. The third-order valence-electron chi connectivity index (χ3n) is 4.42. The Morgan fingerprint density at radius 2 is 1.78 bits per heavy atom. The minimum Gasteiger partial charge on any atom is -0.369 e. The molecule has 120 valence electrons. The van der Waals surface area contributed by atoms with Crippen LogP contribution in [0.25, 0.3) is 10.8 Å². The van der Waals surface area contributed by atoms with E-state index in [1.54, 1.807) is 0 Å². The maximum atomic E-state index is 12.3. The minimum atomic E-state index is -0.232. The number of nitrogens with one attached hydrogen (secondary N) is 1. The van der Waals surface area contributed by atoms with E-state index >= 15 is 0 Å². The van der Waals surface area contributed by atoms with E-state index in [2.05, 4.69) is 10.2 Å². The van der Waals surface area contributed by atoms with Gasteiger partial charge in [-0.3, -0.25) is 14.5 Å². The first-order valence-electron chi connectivity index (χ1n) is 7.93. The van der Waals surface area contributed by atoms with Gasteiger partial charge in [0.05, 0.1) is 6.54 Å². The van der Waals surface area contributed by atoms with Crippen LogP contribution in [0.5, 0.6) is 0 Å². The number of primary amides is 1. The van der Waals surface area contributed by atoms with Gasteiger partial charge in [0.2, 0.25) is 11.8 Å². The third kappa shape index (κ3) is 3.68. The lowest BCUT2D eigenvalue weighted by atomic mass is 9.96. The van der Waals surface area contributed by atoms with Crippen LogP contribution in [0.3, 0.4) is 0 Å². The third-order valence-corrected chi connectivity index (χ3v) is 4.42. The molecule has 0 radical (unpaired) electrons. The number of hydrogen-bond donors (Lipinski definition) is 2. The molecule has 2 aromatic carbocycles. The molecule has 1 aliphatic rings. The van der Waals surface area contributed by atoms with Gasteiger partial charge in [0.1, 0.15) is 0 Å². The van der Waals surface area contributed by atoms with Crippen molar-refractivity contribution in [1.82, 2.24) is 4.90 Å². The fourth-order valence-electron chi connectivity index (χ4n) is 3.10. The number of carbonyl (C=O) groups excluding carboxylic acids is 2. The number of benzene rings is 2. The van der Waals surface area contributed by atoms with Gasteiger partial charge < -0.3 is 11.1 Å². The fourth-order valence-corrected chi connectivity index (χ4v) is 3.10. The van der Waals surface area contributed by atoms with Gasteiger partial charge in [-0.15, -0.1) is 0 Å². The van der Waals surface area contributed by atoms with E-state index in [0.29, 0.717) is 6.54 Å². The molecule has 3 N–H and O–H groups in total. The van der Waals surface area contributed by atoms with Gasteiger partial charge in [-0.2, -0.15) is 0 Å². The Morgan fingerprint density at radius 1 is 1.09 bits per heavy atom. The van der Waals surface area contributed by atoms with E-state index in [-0.39, 0.29) is 17.7 Å². The highest BCUT2D eigenvalue weighted by molar-refractivity contribution is 6.02.